The van der Waals surface area contributed by atoms with E-state index in [2.05, 4.69) is 31.0 Å². The summed E-state index contributed by atoms with van der Waals surface area (Å²) in [5.41, 5.74) is 0. The second-order valence-corrected chi connectivity index (χ2v) is 4.50. The summed E-state index contributed by atoms with van der Waals surface area (Å²) in [7, 11) is 1.46. The molecule has 1 aliphatic heterocycles. The summed E-state index contributed by atoms with van der Waals surface area (Å²) in [5, 5.41) is 3.32. The van der Waals surface area contributed by atoms with E-state index in [9.17, 15) is 4.79 Å². The third-order valence-corrected chi connectivity index (χ3v) is 2.98. The van der Waals surface area contributed by atoms with Crippen molar-refractivity contribution in [3.05, 3.63) is 0 Å². The summed E-state index contributed by atoms with van der Waals surface area (Å²) in [6.45, 7) is 9.08. The Morgan fingerprint density at radius 3 is 2.67 bits per heavy atom. The van der Waals surface area contributed by atoms with Gasteiger partial charge in [0.15, 0.2) is 0 Å². The van der Waals surface area contributed by atoms with Crippen LogP contribution in [-0.4, -0.2) is 49.7 Å². The molecule has 2 atom stereocenters. The fourth-order valence-electron chi connectivity index (χ4n) is 2.18. The number of carbonyl (C=O) groups is 1. The molecule has 1 unspecified atom stereocenters. The van der Waals surface area contributed by atoms with Crippen LogP contribution in [0.15, 0.2) is 0 Å². The number of ether oxygens (including phenoxy) is 1. The number of carbonyl (C=O) groups excluding carboxylic acids is 1. The van der Waals surface area contributed by atoms with E-state index >= 15 is 0 Å². The van der Waals surface area contributed by atoms with Gasteiger partial charge in [0.2, 0.25) is 0 Å². The van der Waals surface area contributed by atoms with Gasteiger partial charge in [-0.05, 0) is 12.8 Å². The largest absolute Gasteiger partial charge is 0.468 e. The predicted molar refractivity (Wildman–Crippen MR) is 59.7 cm³/mol. The third-order valence-electron chi connectivity index (χ3n) is 2.98. The first-order valence-electron chi connectivity index (χ1n) is 5.62. The molecule has 4 nitrogen and oxygen atoms in total. The van der Waals surface area contributed by atoms with Crippen LogP contribution in [0.4, 0.5) is 0 Å². The Kier molecular flexibility index (Phi) is 4.54. The average Bonchev–Trinajstić information content (AvgIpc) is 2.20. The predicted octanol–water partition coefficient (Wildman–Crippen LogP) is 0.478. The second-order valence-electron chi connectivity index (χ2n) is 4.50. The van der Waals surface area contributed by atoms with Gasteiger partial charge < -0.3 is 10.1 Å². The zero-order valence-electron chi connectivity index (χ0n) is 10.1. The highest BCUT2D eigenvalue weighted by molar-refractivity contribution is 5.76. The molecule has 0 aromatic heterocycles. The minimum Gasteiger partial charge on any atom is -0.468 e. The number of hydrogen-bond acceptors (Lipinski definition) is 4. The summed E-state index contributed by atoms with van der Waals surface area (Å²) < 4.78 is 4.87. The summed E-state index contributed by atoms with van der Waals surface area (Å²) in [6, 6.07) is 0.289. The Balaban J connectivity index is 2.73. The van der Waals surface area contributed by atoms with Crippen molar-refractivity contribution in [1.29, 1.82) is 0 Å². The zero-order valence-corrected chi connectivity index (χ0v) is 10.1. The first kappa shape index (κ1) is 12.5. The molecule has 1 saturated heterocycles. The Labute approximate surface area is 92.0 Å². The minimum atomic E-state index is -0.112. The normalized spacial score (nSPS) is 25.3. The van der Waals surface area contributed by atoms with Crippen molar-refractivity contribution in [2.24, 2.45) is 5.92 Å². The van der Waals surface area contributed by atoms with Gasteiger partial charge in [-0.2, -0.15) is 0 Å². The lowest BCUT2D eigenvalue weighted by molar-refractivity contribution is -0.150. The van der Waals surface area contributed by atoms with Gasteiger partial charge in [-0.3, -0.25) is 9.69 Å². The maximum absolute atomic E-state index is 11.7. The van der Waals surface area contributed by atoms with Gasteiger partial charge in [-0.1, -0.05) is 13.8 Å². The van der Waals surface area contributed by atoms with E-state index in [1.165, 1.54) is 7.11 Å². The molecule has 1 rings (SSSR count). The summed E-state index contributed by atoms with van der Waals surface area (Å²) in [6.07, 6.45) is 0. The van der Waals surface area contributed by atoms with E-state index in [-0.39, 0.29) is 17.9 Å². The quantitative estimate of drug-likeness (QED) is 0.694. The Morgan fingerprint density at radius 2 is 2.20 bits per heavy atom. The van der Waals surface area contributed by atoms with Gasteiger partial charge in [0.1, 0.15) is 6.04 Å². The Bertz CT molecular complexity index is 219. The highest BCUT2D eigenvalue weighted by Gasteiger charge is 2.33. The van der Waals surface area contributed by atoms with Crippen LogP contribution in [0.3, 0.4) is 0 Å². The second kappa shape index (κ2) is 5.47. The van der Waals surface area contributed by atoms with Crippen molar-refractivity contribution in [3.8, 4) is 0 Å². The highest BCUT2D eigenvalue weighted by atomic mass is 16.5. The summed E-state index contributed by atoms with van der Waals surface area (Å²) in [4.78, 5) is 14.0. The smallest absolute Gasteiger partial charge is 0.323 e. The molecule has 1 fully saturated rings. The maximum atomic E-state index is 11.7. The lowest BCUT2D eigenvalue weighted by Gasteiger charge is -2.40. The minimum absolute atomic E-state index is 0.105. The average molecular weight is 214 g/mol. The van der Waals surface area contributed by atoms with Gasteiger partial charge in [-0.25, -0.2) is 0 Å². The molecule has 15 heavy (non-hydrogen) atoms. The van der Waals surface area contributed by atoms with Crippen LogP contribution < -0.4 is 5.32 Å². The molecule has 1 aliphatic rings. The van der Waals surface area contributed by atoms with Crippen molar-refractivity contribution >= 4 is 5.97 Å². The van der Waals surface area contributed by atoms with Crippen LogP contribution in [0.1, 0.15) is 20.8 Å². The molecular formula is C11H22N2O2. The number of hydrogen-bond donors (Lipinski definition) is 1. The molecule has 0 aliphatic carbocycles. The number of rotatable bonds is 3. The molecule has 0 saturated carbocycles. The number of nitrogens with zero attached hydrogens (tertiary/aromatic N) is 1. The molecule has 0 spiro atoms. The molecule has 0 aromatic carbocycles. The van der Waals surface area contributed by atoms with Crippen molar-refractivity contribution in [2.45, 2.75) is 32.9 Å². The van der Waals surface area contributed by atoms with E-state index in [4.69, 9.17) is 4.74 Å². The molecule has 0 bridgehead atoms. The van der Waals surface area contributed by atoms with Crippen LogP contribution in [0.2, 0.25) is 0 Å². The summed E-state index contributed by atoms with van der Waals surface area (Å²) >= 11 is 0. The number of methoxy groups -OCH3 is 1. The topological polar surface area (TPSA) is 41.6 Å². The number of piperazine rings is 1. The van der Waals surface area contributed by atoms with Crippen molar-refractivity contribution in [2.75, 3.05) is 26.7 Å². The first-order chi connectivity index (χ1) is 7.07. The van der Waals surface area contributed by atoms with E-state index in [0.29, 0.717) is 6.04 Å². The summed E-state index contributed by atoms with van der Waals surface area (Å²) in [5.74, 6) is 0.178. The van der Waals surface area contributed by atoms with Crippen molar-refractivity contribution in [3.63, 3.8) is 0 Å². The van der Waals surface area contributed by atoms with Gasteiger partial charge >= 0.3 is 5.97 Å². The van der Waals surface area contributed by atoms with E-state index in [0.717, 1.165) is 19.6 Å². The SMILES string of the molecule is COC(=O)C(C(C)C)N1CCNC[C@H]1C. The van der Waals surface area contributed by atoms with E-state index in [1.807, 2.05) is 0 Å². The van der Waals surface area contributed by atoms with Gasteiger partial charge in [0.05, 0.1) is 7.11 Å². The van der Waals surface area contributed by atoms with E-state index < -0.39 is 0 Å². The monoisotopic (exact) mass is 214 g/mol. The first-order valence-corrected chi connectivity index (χ1v) is 5.62. The Hall–Kier alpha value is -0.610. The standard InChI is InChI=1S/C11H22N2O2/c1-8(2)10(11(14)15-4)13-6-5-12-7-9(13)3/h8-10,12H,5-7H2,1-4H3/t9-,10?/m1/s1. The van der Waals surface area contributed by atoms with Crippen molar-refractivity contribution in [1.82, 2.24) is 10.2 Å². The molecule has 88 valence electrons. The van der Waals surface area contributed by atoms with Crippen LogP contribution in [0, 0.1) is 5.92 Å². The molecular weight excluding hydrogens is 192 g/mol. The fraction of sp³-hybridized carbons (Fsp3) is 0.909. The van der Waals surface area contributed by atoms with Crippen LogP contribution in [-0.2, 0) is 9.53 Å². The molecule has 0 aromatic rings. The maximum Gasteiger partial charge on any atom is 0.323 e. The van der Waals surface area contributed by atoms with E-state index in [1.54, 1.807) is 0 Å². The fourth-order valence-corrected chi connectivity index (χ4v) is 2.18. The lowest BCUT2D eigenvalue weighted by atomic mass is 10.00. The van der Waals surface area contributed by atoms with Gasteiger partial charge in [0, 0.05) is 25.7 Å². The molecule has 0 amide bonds. The van der Waals surface area contributed by atoms with Gasteiger partial charge in [-0.15, -0.1) is 0 Å². The molecule has 1 N–H and O–H groups in total. The number of nitrogens with one attached hydrogen (secondary N) is 1. The third kappa shape index (κ3) is 2.92. The molecule has 1 heterocycles. The van der Waals surface area contributed by atoms with Gasteiger partial charge in [0.25, 0.3) is 0 Å². The zero-order chi connectivity index (χ0) is 11.4. The number of esters is 1. The van der Waals surface area contributed by atoms with Crippen molar-refractivity contribution < 1.29 is 9.53 Å². The van der Waals surface area contributed by atoms with Crippen LogP contribution in [0.5, 0.6) is 0 Å². The Morgan fingerprint density at radius 1 is 1.53 bits per heavy atom. The van der Waals surface area contributed by atoms with Crippen LogP contribution in [0.25, 0.3) is 0 Å². The highest BCUT2D eigenvalue weighted by Crippen LogP contribution is 2.16. The van der Waals surface area contributed by atoms with Crippen LogP contribution >= 0.6 is 0 Å². The molecule has 0 radical (unpaired) electrons. The molecule has 4 heteroatoms. The lowest BCUT2D eigenvalue weighted by Crippen LogP contribution is -2.57.